The Balaban J connectivity index is 0.000000557. The number of likely N-dealkylation sites (tertiary alicyclic amines) is 1. The summed E-state index contributed by atoms with van der Waals surface area (Å²) in [5.74, 6) is 0. The fourth-order valence-corrected chi connectivity index (χ4v) is 1.55. The number of halogens is 3. The monoisotopic (exact) mass is 257 g/mol. The second-order valence-electron chi connectivity index (χ2n) is 4.57. The minimum absolute atomic E-state index is 0.167. The van der Waals surface area contributed by atoms with E-state index >= 15 is 0 Å². The highest BCUT2D eigenvalue weighted by Crippen LogP contribution is 2.19. The van der Waals surface area contributed by atoms with Crippen LogP contribution in [0.3, 0.4) is 0 Å². The van der Waals surface area contributed by atoms with Gasteiger partial charge in [0.05, 0.1) is 12.6 Å². The lowest BCUT2D eigenvalue weighted by atomic mass is 10.2. The van der Waals surface area contributed by atoms with Crippen LogP contribution in [-0.2, 0) is 0 Å². The molecular formula is C11H22F3NO2. The lowest BCUT2D eigenvalue weighted by Gasteiger charge is -2.20. The molecule has 0 radical (unpaired) electrons. The third-order valence-corrected chi connectivity index (χ3v) is 2.19. The molecule has 6 heteroatoms. The third kappa shape index (κ3) is 11.9. The van der Waals surface area contributed by atoms with Crippen molar-refractivity contribution >= 4 is 0 Å². The number of alkyl halides is 3. The fraction of sp³-hybridized carbons (Fsp3) is 1.00. The van der Waals surface area contributed by atoms with Crippen LogP contribution >= 0.6 is 0 Å². The van der Waals surface area contributed by atoms with Crippen LogP contribution < -0.4 is 0 Å². The molecule has 0 aromatic carbocycles. The first-order valence-electron chi connectivity index (χ1n) is 5.86. The molecule has 0 aromatic rings. The lowest BCUT2D eigenvalue weighted by Crippen LogP contribution is -2.35. The summed E-state index contributed by atoms with van der Waals surface area (Å²) in [6, 6.07) is 0. The molecule has 1 heterocycles. The molecule has 3 nitrogen and oxygen atoms in total. The van der Waals surface area contributed by atoms with E-state index in [9.17, 15) is 18.3 Å². The molecule has 2 N–H and O–H groups in total. The number of aliphatic hydroxyl groups is 2. The minimum Gasteiger partial charge on any atom is -0.394 e. The largest absolute Gasteiger partial charge is 0.401 e. The average molecular weight is 257 g/mol. The van der Waals surface area contributed by atoms with Crippen LogP contribution in [0.2, 0.25) is 0 Å². The second kappa shape index (κ2) is 7.89. The molecule has 1 rings (SSSR count). The molecule has 0 aliphatic carbocycles. The molecule has 104 valence electrons. The zero-order valence-electron chi connectivity index (χ0n) is 10.4. The van der Waals surface area contributed by atoms with Gasteiger partial charge in [-0.25, -0.2) is 0 Å². The van der Waals surface area contributed by atoms with E-state index in [1.807, 2.05) is 0 Å². The van der Waals surface area contributed by atoms with E-state index in [0.717, 1.165) is 0 Å². The van der Waals surface area contributed by atoms with Gasteiger partial charge in [0.2, 0.25) is 0 Å². The van der Waals surface area contributed by atoms with Gasteiger partial charge in [-0.2, -0.15) is 13.2 Å². The Hall–Kier alpha value is -0.330. The molecule has 0 aromatic heterocycles. The maximum Gasteiger partial charge on any atom is 0.401 e. The summed E-state index contributed by atoms with van der Waals surface area (Å²) >= 11 is 0. The van der Waals surface area contributed by atoms with E-state index in [1.54, 1.807) is 13.8 Å². The Morgan fingerprint density at radius 1 is 1.24 bits per heavy atom. The smallest absolute Gasteiger partial charge is 0.394 e. The van der Waals surface area contributed by atoms with Gasteiger partial charge in [-0.1, -0.05) is 0 Å². The normalized spacial score (nSPS) is 22.9. The van der Waals surface area contributed by atoms with Crippen LogP contribution in [0.15, 0.2) is 0 Å². The topological polar surface area (TPSA) is 43.7 Å². The van der Waals surface area contributed by atoms with Gasteiger partial charge in [-0.15, -0.1) is 0 Å². The second-order valence-corrected chi connectivity index (χ2v) is 4.57. The summed E-state index contributed by atoms with van der Waals surface area (Å²) in [6.07, 6.45) is -2.98. The van der Waals surface area contributed by atoms with E-state index in [4.69, 9.17) is 5.11 Å². The first kappa shape index (κ1) is 16.7. The van der Waals surface area contributed by atoms with Crippen LogP contribution in [-0.4, -0.2) is 53.1 Å². The Morgan fingerprint density at radius 2 is 1.76 bits per heavy atom. The zero-order valence-corrected chi connectivity index (χ0v) is 10.4. The minimum atomic E-state index is -4.12. The molecule has 1 unspecified atom stereocenters. The van der Waals surface area contributed by atoms with Crippen molar-refractivity contribution < 1.29 is 23.4 Å². The van der Waals surface area contributed by atoms with Crippen LogP contribution in [0.25, 0.3) is 0 Å². The van der Waals surface area contributed by atoms with Gasteiger partial charge in [0.1, 0.15) is 0 Å². The first-order valence-corrected chi connectivity index (χ1v) is 5.86. The molecule has 0 bridgehead atoms. The summed E-state index contributed by atoms with van der Waals surface area (Å²) in [5, 5.41) is 17.3. The lowest BCUT2D eigenvalue weighted by molar-refractivity contribution is -0.145. The zero-order chi connectivity index (χ0) is 13.5. The molecule has 1 aliphatic rings. The fourth-order valence-electron chi connectivity index (χ4n) is 1.55. The first-order chi connectivity index (χ1) is 7.70. The summed E-state index contributed by atoms with van der Waals surface area (Å²) < 4.78 is 35.9. The molecule has 1 fully saturated rings. The van der Waals surface area contributed by atoms with Gasteiger partial charge in [0, 0.05) is 12.6 Å². The molecular weight excluding hydrogens is 235 g/mol. The van der Waals surface area contributed by atoms with Crippen molar-refractivity contribution in [1.82, 2.24) is 4.90 Å². The van der Waals surface area contributed by atoms with Crippen molar-refractivity contribution in [2.45, 2.75) is 51.5 Å². The van der Waals surface area contributed by atoms with Crippen molar-refractivity contribution in [1.29, 1.82) is 0 Å². The van der Waals surface area contributed by atoms with E-state index in [1.165, 1.54) is 4.90 Å². The van der Waals surface area contributed by atoms with Crippen molar-refractivity contribution in [3.63, 3.8) is 0 Å². The van der Waals surface area contributed by atoms with Gasteiger partial charge in [-0.05, 0) is 39.7 Å². The highest BCUT2D eigenvalue weighted by atomic mass is 19.4. The SMILES string of the molecule is CC(C)O.OC1CCCN(CC(F)(F)F)CC1. The highest BCUT2D eigenvalue weighted by molar-refractivity contribution is 4.70. The maximum atomic E-state index is 12.0. The van der Waals surface area contributed by atoms with Gasteiger partial charge >= 0.3 is 6.18 Å². The van der Waals surface area contributed by atoms with E-state index in [2.05, 4.69) is 0 Å². The molecule has 1 saturated heterocycles. The highest BCUT2D eigenvalue weighted by Gasteiger charge is 2.31. The average Bonchev–Trinajstić information content (AvgIpc) is 2.27. The molecule has 1 aliphatic heterocycles. The standard InChI is InChI=1S/C8H14F3NO.C3H8O/c9-8(10,11)6-12-4-1-2-7(13)3-5-12;1-3(2)4/h7,13H,1-6H2;3-4H,1-2H3. The Labute approximate surface area is 100 Å². The van der Waals surface area contributed by atoms with Gasteiger partial charge < -0.3 is 10.2 Å². The Bertz CT molecular complexity index is 195. The van der Waals surface area contributed by atoms with E-state index in [-0.39, 0.29) is 6.10 Å². The molecule has 0 saturated carbocycles. The number of nitrogens with zero attached hydrogens (tertiary/aromatic N) is 1. The van der Waals surface area contributed by atoms with Gasteiger partial charge in [-0.3, -0.25) is 4.90 Å². The number of hydrogen-bond donors (Lipinski definition) is 2. The summed E-state index contributed by atoms with van der Waals surface area (Å²) in [5.41, 5.74) is 0. The number of aliphatic hydroxyl groups excluding tert-OH is 2. The molecule has 17 heavy (non-hydrogen) atoms. The van der Waals surface area contributed by atoms with Crippen molar-refractivity contribution in [3.8, 4) is 0 Å². The number of rotatable bonds is 1. The molecule has 0 spiro atoms. The van der Waals surface area contributed by atoms with E-state index in [0.29, 0.717) is 32.4 Å². The quantitative estimate of drug-likeness (QED) is 0.752. The van der Waals surface area contributed by atoms with Crippen LogP contribution in [0.5, 0.6) is 0 Å². The van der Waals surface area contributed by atoms with Crippen molar-refractivity contribution in [2.75, 3.05) is 19.6 Å². The van der Waals surface area contributed by atoms with Crippen molar-refractivity contribution in [2.24, 2.45) is 0 Å². The Morgan fingerprint density at radius 3 is 2.24 bits per heavy atom. The number of hydrogen-bond acceptors (Lipinski definition) is 3. The predicted molar refractivity (Wildman–Crippen MR) is 59.7 cm³/mol. The maximum absolute atomic E-state index is 12.0. The van der Waals surface area contributed by atoms with E-state index < -0.39 is 18.8 Å². The van der Waals surface area contributed by atoms with Crippen LogP contribution in [0.4, 0.5) is 13.2 Å². The molecule has 1 atom stereocenters. The summed E-state index contributed by atoms with van der Waals surface area (Å²) in [4.78, 5) is 1.36. The van der Waals surface area contributed by atoms with Gasteiger partial charge in [0.25, 0.3) is 0 Å². The molecule has 0 amide bonds. The van der Waals surface area contributed by atoms with Crippen LogP contribution in [0, 0.1) is 0 Å². The third-order valence-electron chi connectivity index (χ3n) is 2.19. The summed E-state index contributed by atoms with van der Waals surface area (Å²) in [6.45, 7) is 3.39. The van der Waals surface area contributed by atoms with Crippen LogP contribution in [0.1, 0.15) is 33.1 Å². The Kier molecular flexibility index (Phi) is 7.74. The predicted octanol–water partition coefficient (Wildman–Crippen LogP) is 1.78. The van der Waals surface area contributed by atoms with Crippen molar-refractivity contribution in [3.05, 3.63) is 0 Å². The summed E-state index contributed by atoms with van der Waals surface area (Å²) in [7, 11) is 0. The van der Waals surface area contributed by atoms with Gasteiger partial charge in [0.15, 0.2) is 0 Å².